The van der Waals surface area contributed by atoms with Gasteiger partial charge in [-0.3, -0.25) is 24.6 Å². The Labute approximate surface area is 206 Å². The molecule has 2 saturated heterocycles. The van der Waals surface area contributed by atoms with Crippen molar-refractivity contribution >= 4 is 23.4 Å². The van der Waals surface area contributed by atoms with E-state index in [1.807, 2.05) is 4.90 Å². The number of aliphatic hydroxyl groups is 2. The standard InChI is InChI=1S/C25H27FN4O6/c26-22-15(13-29-9-11-36-12-10-29)3-1-5-18(22)25(34,35)28-19-6-2-4-16-17(19)14-30(24(16)33)20-7-8-21(31)27-23(20)32/h1-6,20,28,34-35H,7-14H2,(H,27,31,32). The Kier molecular flexibility index (Phi) is 6.47. The van der Waals surface area contributed by atoms with Gasteiger partial charge in [0.1, 0.15) is 11.9 Å². The second-order valence-corrected chi connectivity index (χ2v) is 9.20. The highest BCUT2D eigenvalue weighted by Gasteiger charge is 2.41. The van der Waals surface area contributed by atoms with Gasteiger partial charge in [-0.05, 0) is 24.6 Å². The second kappa shape index (κ2) is 9.58. The minimum atomic E-state index is -2.77. The summed E-state index contributed by atoms with van der Waals surface area (Å²) in [6.07, 6.45) is 0.330. The molecular weight excluding hydrogens is 471 g/mol. The van der Waals surface area contributed by atoms with Gasteiger partial charge in [0.2, 0.25) is 11.8 Å². The fourth-order valence-corrected chi connectivity index (χ4v) is 4.93. The Hall–Kier alpha value is -3.38. The Balaban J connectivity index is 1.38. The molecule has 0 spiro atoms. The quantitative estimate of drug-likeness (QED) is 0.337. The molecule has 10 nitrogen and oxygen atoms in total. The number of halogens is 1. The predicted molar refractivity (Wildman–Crippen MR) is 125 cm³/mol. The van der Waals surface area contributed by atoms with Crippen molar-refractivity contribution in [2.45, 2.75) is 37.9 Å². The van der Waals surface area contributed by atoms with E-state index in [1.165, 1.54) is 11.0 Å². The summed E-state index contributed by atoms with van der Waals surface area (Å²) in [6.45, 7) is 2.74. The van der Waals surface area contributed by atoms with Gasteiger partial charge in [-0.1, -0.05) is 18.2 Å². The van der Waals surface area contributed by atoms with E-state index in [4.69, 9.17) is 4.74 Å². The number of hydrogen-bond acceptors (Lipinski definition) is 8. The zero-order valence-electron chi connectivity index (χ0n) is 19.5. The fraction of sp³-hybridized carbons (Fsp3) is 0.400. The number of ether oxygens (including phenoxy) is 1. The summed E-state index contributed by atoms with van der Waals surface area (Å²) in [4.78, 5) is 40.2. The molecule has 1 atom stereocenters. The van der Waals surface area contributed by atoms with E-state index in [1.54, 1.807) is 30.3 Å². The lowest BCUT2D eigenvalue weighted by atomic mass is 10.0. The number of amides is 3. The Bertz CT molecular complexity index is 1210. The van der Waals surface area contributed by atoms with Crippen molar-refractivity contribution in [3.8, 4) is 0 Å². The van der Waals surface area contributed by atoms with Gasteiger partial charge in [0.15, 0.2) is 0 Å². The van der Waals surface area contributed by atoms with Crippen molar-refractivity contribution in [2.75, 3.05) is 31.6 Å². The minimum Gasteiger partial charge on any atom is -0.379 e. The van der Waals surface area contributed by atoms with Gasteiger partial charge < -0.3 is 25.2 Å². The first-order valence-electron chi connectivity index (χ1n) is 11.8. The summed E-state index contributed by atoms with van der Waals surface area (Å²) in [6, 6.07) is 8.33. The lowest BCUT2D eigenvalue weighted by Gasteiger charge is -2.30. The summed E-state index contributed by atoms with van der Waals surface area (Å²) < 4.78 is 20.7. The Morgan fingerprint density at radius 2 is 1.86 bits per heavy atom. The maximum atomic E-state index is 15.4. The SMILES string of the molecule is O=C1CCC(N2Cc3c(NC(O)(O)c4cccc(CN5CCOCC5)c4F)cccc3C2=O)C(=O)N1. The topological polar surface area (TPSA) is 131 Å². The van der Waals surface area contributed by atoms with Crippen LogP contribution in [0.5, 0.6) is 0 Å². The number of nitrogens with zero attached hydrogens (tertiary/aromatic N) is 2. The van der Waals surface area contributed by atoms with Crippen molar-refractivity contribution in [2.24, 2.45) is 0 Å². The van der Waals surface area contributed by atoms with E-state index in [-0.39, 0.29) is 36.5 Å². The molecule has 36 heavy (non-hydrogen) atoms. The van der Waals surface area contributed by atoms with Crippen molar-refractivity contribution in [1.29, 1.82) is 0 Å². The first kappa shape index (κ1) is 24.3. The zero-order chi connectivity index (χ0) is 25.4. The zero-order valence-corrected chi connectivity index (χ0v) is 19.5. The molecule has 3 aliphatic heterocycles. The van der Waals surface area contributed by atoms with E-state index < -0.39 is 29.6 Å². The highest BCUT2D eigenvalue weighted by molar-refractivity contribution is 6.06. The highest BCUT2D eigenvalue weighted by atomic mass is 19.1. The number of morpholine rings is 1. The van der Waals surface area contributed by atoms with E-state index in [9.17, 15) is 24.6 Å². The molecule has 3 heterocycles. The third-order valence-electron chi connectivity index (χ3n) is 6.84. The van der Waals surface area contributed by atoms with Gasteiger partial charge in [0.25, 0.3) is 11.8 Å². The van der Waals surface area contributed by atoms with E-state index in [0.29, 0.717) is 49.5 Å². The molecule has 2 aromatic rings. The number of fused-ring (bicyclic) bond motifs is 1. The molecule has 2 fully saturated rings. The number of benzene rings is 2. The molecule has 1 unspecified atom stereocenters. The van der Waals surface area contributed by atoms with Crippen molar-refractivity contribution in [1.82, 2.24) is 15.1 Å². The third kappa shape index (κ3) is 4.58. The molecule has 0 aromatic heterocycles. The lowest BCUT2D eigenvalue weighted by molar-refractivity contribution is -0.146. The van der Waals surface area contributed by atoms with Gasteiger partial charge in [-0.2, -0.15) is 0 Å². The summed E-state index contributed by atoms with van der Waals surface area (Å²) >= 11 is 0. The smallest absolute Gasteiger partial charge is 0.275 e. The fourth-order valence-electron chi connectivity index (χ4n) is 4.93. The summed E-state index contributed by atoms with van der Waals surface area (Å²) in [5, 5.41) is 26.6. The van der Waals surface area contributed by atoms with Crippen LogP contribution in [0.15, 0.2) is 36.4 Å². The van der Waals surface area contributed by atoms with Gasteiger partial charge in [-0.15, -0.1) is 0 Å². The molecule has 190 valence electrons. The molecule has 3 amide bonds. The number of piperidine rings is 1. The van der Waals surface area contributed by atoms with Gasteiger partial charge in [0.05, 0.1) is 18.8 Å². The highest BCUT2D eigenvalue weighted by Crippen LogP contribution is 2.35. The molecule has 4 N–H and O–H groups in total. The molecule has 0 saturated carbocycles. The Morgan fingerprint density at radius 3 is 2.61 bits per heavy atom. The van der Waals surface area contributed by atoms with Gasteiger partial charge >= 0.3 is 0 Å². The van der Waals surface area contributed by atoms with Gasteiger partial charge in [-0.25, -0.2) is 4.39 Å². The molecule has 5 rings (SSSR count). The Morgan fingerprint density at radius 1 is 1.11 bits per heavy atom. The molecule has 0 bridgehead atoms. The maximum Gasteiger partial charge on any atom is 0.275 e. The van der Waals surface area contributed by atoms with Gasteiger partial charge in [0, 0.05) is 55.0 Å². The first-order valence-corrected chi connectivity index (χ1v) is 11.8. The van der Waals surface area contributed by atoms with Crippen LogP contribution in [0.1, 0.15) is 39.9 Å². The van der Waals surface area contributed by atoms with Crippen LogP contribution in [-0.4, -0.2) is 70.1 Å². The van der Waals surface area contributed by atoms with Crippen LogP contribution in [0.25, 0.3) is 0 Å². The van der Waals surface area contributed by atoms with Crippen molar-refractivity contribution < 1.29 is 33.7 Å². The number of nitrogens with one attached hydrogen (secondary N) is 2. The molecule has 11 heteroatoms. The maximum absolute atomic E-state index is 15.4. The molecule has 3 aliphatic rings. The van der Waals surface area contributed by atoms with Crippen LogP contribution in [0.4, 0.5) is 10.1 Å². The van der Waals surface area contributed by atoms with Crippen LogP contribution in [0, 0.1) is 5.82 Å². The van der Waals surface area contributed by atoms with E-state index in [2.05, 4.69) is 10.6 Å². The number of rotatable bonds is 6. The van der Waals surface area contributed by atoms with E-state index in [0.717, 1.165) is 0 Å². The van der Waals surface area contributed by atoms with E-state index >= 15 is 4.39 Å². The number of carbonyl (C=O) groups excluding carboxylic acids is 3. The molecule has 0 radical (unpaired) electrons. The largest absolute Gasteiger partial charge is 0.379 e. The molecular formula is C25H27FN4O6. The normalized spacial score (nSPS) is 20.9. The van der Waals surface area contributed by atoms with Crippen LogP contribution < -0.4 is 10.6 Å². The van der Waals surface area contributed by atoms with Crippen LogP contribution >= 0.6 is 0 Å². The monoisotopic (exact) mass is 498 g/mol. The minimum absolute atomic E-state index is 0.0270. The lowest BCUT2D eigenvalue weighted by Crippen LogP contribution is -2.52. The van der Waals surface area contributed by atoms with Crippen molar-refractivity contribution in [3.63, 3.8) is 0 Å². The average molecular weight is 499 g/mol. The first-order chi connectivity index (χ1) is 17.2. The third-order valence-corrected chi connectivity index (χ3v) is 6.84. The number of imide groups is 1. The summed E-state index contributed by atoms with van der Waals surface area (Å²) in [5.41, 5.74) is 0.934. The average Bonchev–Trinajstić information content (AvgIpc) is 3.18. The second-order valence-electron chi connectivity index (χ2n) is 9.20. The number of carbonyl (C=O) groups is 3. The van der Waals surface area contributed by atoms with Crippen LogP contribution in [0.3, 0.4) is 0 Å². The summed E-state index contributed by atoms with van der Waals surface area (Å²) in [5.74, 6) is -4.84. The number of anilines is 1. The number of hydrogen-bond donors (Lipinski definition) is 4. The molecule has 0 aliphatic carbocycles. The van der Waals surface area contributed by atoms with Crippen molar-refractivity contribution in [3.05, 3.63) is 64.5 Å². The van der Waals surface area contributed by atoms with Crippen LogP contribution in [0.2, 0.25) is 0 Å². The molecule has 2 aromatic carbocycles. The summed E-state index contributed by atoms with van der Waals surface area (Å²) in [7, 11) is 0. The predicted octanol–water partition coefficient (Wildman–Crippen LogP) is 0.626. The van der Waals surface area contributed by atoms with Crippen LogP contribution in [-0.2, 0) is 33.3 Å².